The average molecular weight is 370 g/mol. The molecule has 1 aliphatic heterocycles. The maximum Gasteiger partial charge on any atom is 0.325 e. The molecule has 2 aromatic rings. The molecule has 26 heavy (non-hydrogen) atoms. The predicted octanol–water partition coefficient (Wildman–Crippen LogP) is 3.06. The highest BCUT2D eigenvalue weighted by atomic mass is 35.5. The smallest absolute Gasteiger partial charge is 0.325 e. The van der Waals surface area contributed by atoms with Crippen LogP contribution in [0, 0.1) is 11.3 Å². The summed E-state index contributed by atoms with van der Waals surface area (Å²) < 4.78 is 5.56. The fraction of sp³-hybridized carbons (Fsp3) is 0.211. The van der Waals surface area contributed by atoms with Gasteiger partial charge in [0.2, 0.25) is 0 Å². The summed E-state index contributed by atoms with van der Waals surface area (Å²) >= 11 is 5.82. The van der Waals surface area contributed by atoms with Gasteiger partial charge in [-0.1, -0.05) is 23.7 Å². The number of hydrogen-bond donors (Lipinski definition) is 1. The third kappa shape index (κ3) is 3.35. The standard InChI is InChI=1S/C19H16ClN3O3/c1-19(14-4-2-13(12-21)3-5-14)17(24)23(18(25)22-19)10-11-26-16-8-6-15(20)7-9-16/h2-9H,10-11H2,1H3,(H,22,25)/t19-/m1/s1. The third-order valence-corrected chi connectivity index (χ3v) is 4.52. The van der Waals surface area contributed by atoms with Gasteiger partial charge in [-0.3, -0.25) is 9.69 Å². The SMILES string of the molecule is C[C@]1(c2ccc(C#N)cc2)NC(=O)N(CCOc2ccc(Cl)cc2)C1=O. The lowest BCUT2D eigenvalue weighted by Gasteiger charge is -2.22. The number of imide groups is 1. The Hall–Kier alpha value is -3.04. The van der Waals surface area contributed by atoms with Crippen LogP contribution < -0.4 is 10.1 Å². The number of nitrogens with one attached hydrogen (secondary N) is 1. The van der Waals surface area contributed by atoms with Crippen LogP contribution in [0.4, 0.5) is 4.79 Å². The Bertz CT molecular complexity index is 874. The summed E-state index contributed by atoms with van der Waals surface area (Å²) in [6, 6.07) is 15.0. The number of carbonyl (C=O) groups excluding carboxylic acids is 2. The molecule has 6 nitrogen and oxygen atoms in total. The number of carbonyl (C=O) groups is 2. The van der Waals surface area contributed by atoms with Crippen LogP contribution in [-0.4, -0.2) is 30.0 Å². The minimum absolute atomic E-state index is 0.124. The molecule has 1 N–H and O–H groups in total. The Labute approximate surface area is 155 Å². The van der Waals surface area contributed by atoms with Crippen LogP contribution in [0.15, 0.2) is 48.5 Å². The van der Waals surface area contributed by atoms with Gasteiger partial charge in [0.05, 0.1) is 18.2 Å². The lowest BCUT2D eigenvalue weighted by molar-refractivity contribution is -0.131. The van der Waals surface area contributed by atoms with E-state index in [2.05, 4.69) is 5.32 Å². The summed E-state index contributed by atoms with van der Waals surface area (Å²) in [5, 5.41) is 12.2. The molecule has 0 bridgehead atoms. The molecule has 0 unspecified atom stereocenters. The van der Waals surface area contributed by atoms with Gasteiger partial charge in [0, 0.05) is 5.02 Å². The molecule has 3 amide bonds. The van der Waals surface area contributed by atoms with E-state index in [1.807, 2.05) is 6.07 Å². The van der Waals surface area contributed by atoms with Crippen LogP contribution >= 0.6 is 11.6 Å². The number of rotatable bonds is 5. The molecule has 1 saturated heterocycles. The van der Waals surface area contributed by atoms with E-state index in [1.165, 1.54) is 0 Å². The van der Waals surface area contributed by atoms with Crippen molar-refractivity contribution in [2.45, 2.75) is 12.5 Å². The van der Waals surface area contributed by atoms with Crippen LogP contribution in [0.2, 0.25) is 5.02 Å². The summed E-state index contributed by atoms with van der Waals surface area (Å²) in [7, 11) is 0. The maximum absolute atomic E-state index is 12.8. The van der Waals surface area contributed by atoms with Gasteiger partial charge in [-0.25, -0.2) is 4.79 Å². The van der Waals surface area contributed by atoms with Crippen molar-refractivity contribution < 1.29 is 14.3 Å². The van der Waals surface area contributed by atoms with Crippen molar-refractivity contribution >= 4 is 23.5 Å². The summed E-state index contributed by atoms with van der Waals surface area (Å²) in [6.07, 6.45) is 0. The number of nitrogens with zero attached hydrogens (tertiary/aromatic N) is 2. The van der Waals surface area contributed by atoms with Crippen LogP contribution in [-0.2, 0) is 10.3 Å². The van der Waals surface area contributed by atoms with E-state index in [-0.39, 0.29) is 19.1 Å². The number of benzene rings is 2. The Morgan fingerprint density at radius 2 is 1.81 bits per heavy atom. The number of ether oxygens (including phenoxy) is 1. The molecule has 1 heterocycles. The van der Waals surface area contributed by atoms with Crippen molar-refractivity contribution in [1.82, 2.24) is 10.2 Å². The van der Waals surface area contributed by atoms with Crippen molar-refractivity contribution in [2.75, 3.05) is 13.2 Å². The summed E-state index contributed by atoms with van der Waals surface area (Å²) in [5.74, 6) is 0.253. The maximum atomic E-state index is 12.8. The zero-order valence-corrected chi connectivity index (χ0v) is 14.8. The normalized spacial score (nSPS) is 19.2. The second-order valence-electron chi connectivity index (χ2n) is 6.00. The van der Waals surface area contributed by atoms with Gasteiger partial charge in [0.1, 0.15) is 17.9 Å². The minimum atomic E-state index is -1.16. The van der Waals surface area contributed by atoms with E-state index in [1.54, 1.807) is 55.5 Å². The predicted molar refractivity (Wildman–Crippen MR) is 95.7 cm³/mol. The molecule has 132 valence electrons. The Morgan fingerprint density at radius 3 is 2.42 bits per heavy atom. The van der Waals surface area contributed by atoms with Gasteiger partial charge in [0.15, 0.2) is 0 Å². The van der Waals surface area contributed by atoms with Gasteiger partial charge in [0.25, 0.3) is 5.91 Å². The van der Waals surface area contributed by atoms with E-state index in [0.717, 1.165) is 4.90 Å². The zero-order valence-electron chi connectivity index (χ0n) is 14.0. The lowest BCUT2D eigenvalue weighted by Crippen LogP contribution is -2.41. The highest BCUT2D eigenvalue weighted by Crippen LogP contribution is 2.29. The number of hydrogen-bond acceptors (Lipinski definition) is 4. The first-order chi connectivity index (χ1) is 12.4. The second-order valence-corrected chi connectivity index (χ2v) is 6.44. The van der Waals surface area contributed by atoms with Gasteiger partial charge in [-0.2, -0.15) is 5.26 Å². The van der Waals surface area contributed by atoms with Crippen molar-refractivity contribution in [3.8, 4) is 11.8 Å². The molecule has 3 rings (SSSR count). The van der Waals surface area contributed by atoms with Crippen LogP contribution in [0.3, 0.4) is 0 Å². The molecular weight excluding hydrogens is 354 g/mol. The van der Waals surface area contributed by atoms with Crippen molar-refractivity contribution in [3.05, 3.63) is 64.7 Å². The van der Waals surface area contributed by atoms with E-state index in [0.29, 0.717) is 21.9 Å². The quantitative estimate of drug-likeness (QED) is 0.821. The Kier molecular flexibility index (Phi) is 4.83. The number of halogens is 1. The molecule has 1 fully saturated rings. The molecular formula is C19H16ClN3O3. The molecule has 2 aromatic carbocycles. The van der Waals surface area contributed by atoms with Crippen molar-refractivity contribution in [2.24, 2.45) is 0 Å². The molecule has 0 spiro atoms. The van der Waals surface area contributed by atoms with Crippen molar-refractivity contribution in [3.63, 3.8) is 0 Å². The molecule has 7 heteroatoms. The molecule has 0 aromatic heterocycles. The second kappa shape index (κ2) is 7.06. The van der Waals surface area contributed by atoms with E-state index in [4.69, 9.17) is 21.6 Å². The molecule has 0 aliphatic carbocycles. The number of urea groups is 1. The minimum Gasteiger partial charge on any atom is -0.492 e. The van der Waals surface area contributed by atoms with Crippen LogP contribution in [0.5, 0.6) is 5.75 Å². The summed E-state index contributed by atoms with van der Waals surface area (Å²) in [6.45, 7) is 1.94. The first-order valence-corrected chi connectivity index (χ1v) is 8.35. The Morgan fingerprint density at radius 1 is 1.15 bits per heavy atom. The fourth-order valence-electron chi connectivity index (χ4n) is 2.76. The van der Waals surface area contributed by atoms with Gasteiger partial charge in [-0.15, -0.1) is 0 Å². The first-order valence-electron chi connectivity index (χ1n) is 7.97. The molecule has 1 atom stereocenters. The topological polar surface area (TPSA) is 82.4 Å². The summed E-state index contributed by atoms with van der Waals surface area (Å²) in [5.41, 5.74) is -0.0518. The van der Waals surface area contributed by atoms with Gasteiger partial charge < -0.3 is 10.1 Å². The van der Waals surface area contributed by atoms with Crippen molar-refractivity contribution in [1.29, 1.82) is 5.26 Å². The highest BCUT2D eigenvalue weighted by molar-refractivity contribution is 6.30. The molecule has 1 aliphatic rings. The van der Waals surface area contributed by atoms with E-state index >= 15 is 0 Å². The average Bonchev–Trinajstić information content (AvgIpc) is 2.87. The van der Waals surface area contributed by atoms with E-state index in [9.17, 15) is 9.59 Å². The number of amides is 3. The zero-order chi connectivity index (χ0) is 18.7. The van der Waals surface area contributed by atoms with Gasteiger partial charge >= 0.3 is 6.03 Å². The third-order valence-electron chi connectivity index (χ3n) is 4.26. The van der Waals surface area contributed by atoms with Crippen LogP contribution in [0.25, 0.3) is 0 Å². The molecule has 0 saturated carbocycles. The first kappa shape index (κ1) is 17.8. The molecule has 0 radical (unpaired) electrons. The lowest BCUT2D eigenvalue weighted by atomic mass is 9.91. The summed E-state index contributed by atoms with van der Waals surface area (Å²) in [4.78, 5) is 26.2. The number of nitriles is 1. The van der Waals surface area contributed by atoms with Gasteiger partial charge in [-0.05, 0) is 48.9 Å². The monoisotopic (exact) mass is 369 g/mol. The Balaban J connectivity index is 1.67. The largest absolute Gasteiger partial charge is 0.492 e. The van der Waals surface area contributed by atoms with Crippen LogP contribution in [0.1, 0.15) is 18.1 Å². The van der Waals surface area contributed by atoms with E-state index < -0.39 is 11.6 Å². The highest BCUT2D eigenvalue weighted by Gasteiger charge is 2.48. The fourth-order valence-corrected chi connectivity index (χ4v) is 2.89.